The first-order valence-corrected chi connectivity index (χ1v) is 13.3. The number of unbranched alkanes of at least 4 members (excludes halogenated alkanes) is 6. The maximum absolute atomic E-state index is 13.4. The number of H-pyrrole nitrogens is 1. The maximum atomic E-state index is 13.4. The highest BCUT2D eigenvalue weighted by molar-refractivity contribution is 5.15. The van der Waals surface area contributed by atoms with Gasteiger partial charge in [0.05, 0.1) is 11.6 Å². The van der Waals surface area contributed by atoms with Crippen LogP contribution in [-0.2, 0) is 5.41 Å². The average molecular weight is 473 g/mol. The fourth-order valence-electron chi connectivity index (χ4n) is 5.07. The van der Waals surface area contributed by atoms with Crippen molar-refractivity contribution in [1.29, 1.82) is 0 Å². The number of alkyl halides is 3. The minimum absolute atomic E-state index is 0.203. The lowest BCUT2D eigenvalue weighted by molar-refractivity contribution is -0.178. The molecular formula is C27H47F3N2O. The van der Waals surface area contributed by atoms with Crippen LogP contribution in [0, 0.1) is 11.8 Å². The van der Waals surface area contributed by atoms with E-state index in [4.69, 9.17) is 0 Å². The maximum Gasteiger partial charge on any atom is 0.391 e. The van der Waals surface area contributed by atoms with E-state index >= 15 is 0 Å². The van der Waals surface area contributed by atoms with Gasteiger partial charge in [0.25, 0.3) is 5.56 Å². The van der Waals surface area contributed by atoms with Crippen molar-refractivity contribution >= 4 is 0 Å². The molecule has 0 aliphatic heterocycles. The molecule has 1 heterocycles. The second-order valence-electron chi connectivity index (χ2n) is 10.0. The van der Waals surface area contributed by atoms with E-state index in [2.05, 4.69) is 31.0 Å². The Labute approximate surface area is 199 Å². The number of nitrogens with one attached hydrogen (secondary N) is 1. The highest BCUT2D eigenvalue weighted by atomic mass is 19.4. The van der Waals surface area contributed by atoms with Gasteiger partial charge in [0.2, 0.25) is 0 Å². The van der Waals surface area contributed by atoms with Crippen molar-refractivity contribution in [3.8, 4) is 0 Å². The number of rotatable bonds is 18. The largest absolute Gasteiger partial charge is 0.391 e. The smallest absolute Gasteiger partial charge is 0.268 e. The number of hydrogen-bond donors (Lipinski definition) is 1. The molecule has 0 bridgehead atoms. The zero-order valence-corrected chi connectivity index (χ0v) is 21.4. The van der Waals surface area contributed by atoms with Crippen LogP contribution in [0.5, 0.6) is 0 Å². The third-order valence-corrected chi connectivity index (χ3v) is 7.35. The van der Waals surface area contributed by atoms with Gasteiger partial charge in [-0.25, -0.2) is 5.10 Å². The molecule has 3 nitrogen and oxygen atoms in total. The van der Waals surface area contributed by atoms with Gasteiger partial charge < -0.3 is 0 Å². The van der Waals surface area contributed by atoms with Gasteiger partial charge >= 0.3 is 6.18 Å². The predicted molar refractivity (Wildman–Crippen MR) is 132 cm³/mol. The molecule has 0 radical (unpaired) electrons. The SMILES string of the molecule is CCCCCC(CCCCC)C(C)(CCCCC(CCCC)C(F)(F)F)c1ccc(=O)[nH]n1. The molecule has 1 N–H and O–H groups in total. The highest BCUT2D eigenvalue weighted by Gasteiger charge is 2.39. The molecule has 2 atom stereocenters. The molecule has 0 saturated carbocycles. The van der Waals surface area contributed by atoms with E-state index < -0.39 is 12.1 Å². The monoisotopic (exact) mass is 472 g/mol. The standard InChI is InChI=1S/C27H47F3N2O/c1-5-8-11-16-22(17-12-9-6-2)26(4,24-19-20-25(33)32-31-24)21-14-13-18-23(15-10-7-3)27(28,29)30/h19-20,22-23H,5-18,21H2,1-4H3,(H,32,33). The first-order chi connectivity index (χ1) is 15.7. The molecule has 1 aromatic heterocycles. The molecule has 0 aliphatic rings. The summed E-state index contributed by atoms with van der Waals surface area (Å²) in [6, 6.07) is 3.35. The van der Waals surface area contributed by atoms with Crippen molar-refractivity contribution in [2.24, 2.45) is 11.8 Å². The number of aromatic nitrogens is 2. The fourth-order valence-corrected chi connectivity index (χ4v) is 5.07. The van der Waals surface area contributed by atoms with E-state index in [0.717, 1.165) is 63.5 Å². The Bertz CT molecular complexity index is 658. The van der Waals surface area contributed by atoms with E-state index in [1.807, 2.05) is 13.0 Å². The predicted octanol–water partition coefficient (Wildman–Crippen LogP) is 8.73. The molecule has 0 spiro atoms. The van der Waals surface area contributed by atoms with Crippen molar-refractivity contribution < 1.29 is 13.2 Å². The first-order valence-electron chi connectivity index (χ1n) is 13.3. The van der Waals surface area contributed by atoms with Crippen molar-refractivity contribution in [3.05, 3.63) is 28.2 Å². The normalized spacial score (nSPS) is 15.0. The molecule has 0 aliphatic carbocycles. The molecule has 33 heavy (non-hydrogen) atoms. The second kappa shape index (κ2) is 15.5. The third kappa shape index (κ3) is 10.6. The van der Waals surface area contributed by atoms with E-state index in [9.17, 15) is 18.0 Å². The zero-order valence-electron chi connectivity index (χ0n) is 21.4. The van der Waals surface area contributed by atoms with E-state index in [0.29, 0.717) is 18.8 Å². The lowest BCUT2D eigenvalue weighted by atomic mass is 9.67. The molecule has 0 fully saturated rings. The van der Waals surface area contributed by atoms with Gasteiger partial charge in [-0.1, -0.05) is 91.9 Å². The highest BCUT2D eigenvalue weighted by Crippen LogP contribution is 2.42. The van der Waals surface area contributed by atoms with Gasteiger partial charge in [-0.15, -0.1) is 0 Å². The summed E-state index contributed by atoms with van der Waals surface area (Å²) >= 11 is 0. The second-order valence-corrected chi connectivity index (χ2v) is 10.0. The quantitative estimate of drug-likeness (QED) is 0.217. The van der Waals surface area contributed by atoms with Crippen LogP contribution < -0.4 is 5.56 Å². The molecule has 192 valence electrons. The summed E-state index contributed by atoms with van der Waals surface area (Å²) in [5.74, 6) is -0.785. The summed E-state index contributed by atoms with van der Waals surface area (Å²) in [5, 5.41) is 7.00. The van der Waals surface area contributed by atoms with Gasteiger partial charge in [0, 0.05) is 11.5 Å². The Morgan fingerprint density at radius 3 is 1.79 bits per heavy atom. The molecule has 0 amide bonds. The summed E-state index contributed by atoms with van der Waals surface area (Å²) in [6.45, 7) is 8.55. The van der Waals surface area contributed by atoms with Crippen LogP contribution in [0.4, 0.5) is 13.2 Å². The lowest BCUT2D eigenvalue weighted by Gasteiger charge is -2.38. The molecular weight excluding hydrogens is 425 g/mol. The number of aromatic amines is 1. The number of hydrogen-bond acceptors (Lipinski definition) is 2. The number of halogens is 3. The molecule has 1 rings (SSSR count). The van der Waals surface area contributed by atoms with Gasteiger partial charge in [-0.2, -0.15) is 18.3 Å². The fraction of sp³-hybridized carbons (Fsp3) is 0.852. The topological polar surface area (TPSA) is 45.8 Å². The zero-order chi connectivity index (χ0) is 24.7. The minimum Gasteiger partial charge on any atom is -0.268 e. The van der Waals surface area contributed by atoms with Crippen LogP contribution in [0.2, 0.25) is 0 Å². The Morgan fingerprint density at radius 2 is 1.30 bits per heavy atom. The molecule has 1 aromatic rings. The Balaban J connectivity index is 2.98. The first kappa shape index (κ1) is 29.7. The third-order valence-electron chi connectivity index (χ3n) is 7.35. The molecule has 6 heteroatoms. The van der Waals surface area contributed by atoms with Crippen molar-refractivity contribution in [2.75, 3.05) is 0 Å². The summed E-state index contributed by atoms with van der Waals surface area (Å²) < 4.78 is 40.3. The number of nitrogens with zero attached hydrogens (tertiary/aromatic N) is 1. The van der Waals surface area contributed by atoms with Gasteiger partial charge in [0.1, 0.15) is 0 Å². The average Bonchev–Trinajstić information content (AvgIpc) is 2.77. The van der Waals surface area contributed by atoms with Crippen LogP contribution >= 0.6 is 0 Å². The van der Waals surface area contributed by atoms with Crippen molar-refractivity contribution in [3.63, 3.8) is 0 Å². The Morgan fingerprint density at radius 1 is 0.788 bits per heavy atom. The van der Waals surface area contributed by atoms with E-state index in [1.54, 1.807) is 0 Å². The van der Waals surface area contributed by atoms with Gasteiger partial charge in [-0.3, -0.25) is 4.79 Å². The minimum atomic E-state index is -4.11. The lowest BCUT2D eigenvalue weighted by Crippen LogP contribution is -2.34. The summed E-state index contributed by atoms with van der Waals surface area (Å²) in [6.07, 6.45) is 9.04. The summed E-state index contributed by atoms with van der Waals surface area (Å²) in [4.78, 5) is 11.6. The van der Waals surface area contributed by atoms with Crippen LogP contribution in [0.15, 0.2) is 16.9 Å². The molecule has 0 saturated heterocycles. The van der Waals surface area contributed by atoms with Crippen LogP contribution in [-0.4, -0.2) is 16.4 Å². The van der Waals surface area contributed by atoms with Crippen LogP contribution in [0.1, 0.15) is 130 Å². The van der Waals surface area contributed by atoms with Crippen LogP contribution in [0.3, 0.4) is 0 Å². The van der Waals surface area contributed by atoms with Crippen LogP contribution in [0.25, 0.3) is 0 Å². The van der Waals surface area contributed by atoms with E-state index in [-0.39, 0.29) is 23.8 Å². The summed E-state index contributed by atoms with van der Waals surface area (Å²) in [7, 11) is 0. The van der Waals surface area contributed by atoms with Crippen molar-refractivity contribution in [1.82, 2.24) is 10.2 Å². The van der Waals surface area contributed by atoms with E-state index in [1.165, 1.54) is 18.9 Å². The Hall–Kier alpha value is -1.33. The van der Waals surface area contributed by atoms with Gasteiger partial charge in [0.15, 0.2) is 0 Å². The molecule has 0 aromatic carbocycles. The van der Waals surface area contributed by atoms with Gasteiger partial charge in [-0.05, 0) is 44.1 Å². The molecule has 2 unspecified atom stereocenters. The Kier molecular flexibility index (Phi) is 14.0. The summed E-state index contributed by atoms with van der Waals surface area (Å²) in [5.41, 5.74) is 0.403. The van der Waals surface area contributed by atoms with Crippen molar-refractivity contribution in [2.45, 2.75) is 136 Å².